The summed E-state index contributed by atoms with van der Waals surface area (Å²) in [4.78, 5) is 22.5. The molecule has 2 aromatic carbocycles. The van der Waals surface area contributed by atoms with Crippen molar-refractivity contribution in [2.24, 2.45) is 5.10 Å². The van der Waals surface area contributed by atoms with Gasteiger partial charge in [0.2, 0.25) is 0 Å². The number of nitrogens with one attached hydrogen (secondary N) is 1. The van der Waals surface area contributed by atoms with Crippen LogP contribution in [0.3, 0.4) is 0 Å². The number of carbonyl (C=O) groups excluding carboxylic acids is 1. The first-order valence-corrected chi connectivity index (χ1v) is 9.23. The van der Waals surface area contributed by atoms with Gasteiger partial charge in [-0.15, -0.1) is 0 Å². The lowest BCUT2D eigenvalue weighted by atomic mass is 10.1. The Morgan fingerprint density at radius 2 is 1.90 bits per heavy atom. The highest BCUT2D eigenvalue weighted by atomic mass is 35.5. The van der Waals surface area contributed by atoms with Crippen LogP contribution in [0.1, 0.15) is 16.3 Å². The number of carbonyl (C=O) groups is 1. The van der Waals surface area contributed by atoms with Gasteiger partial charge in [0.15, 0.2) is 5.76 Å². The molecule has 1 amide bonds. The number of nitro benzene ring substituents is 1. The highest BCUT2D eigenvalue weighted by Gasteiger charge is 2.14. The third kappa shape index (κ3) is 4.05. The first-order valence-electron chi connectivity index (χ1n) is 8.47. The maximum Gasteiger partial charge on any atom is 0.307 e. The molecule has 8 nitrogen and oxygen atoms in total. The van der Waals surface area contributed by atoms with Crippen molar-refractivity contribution in [2.45, 2.75) is 0 Å². The molecule has 4 aromatic rings. The van der Waals surface area contributed by atoms with E-state index in [-0.39, 0.29) is 16.5 Å². The number of halogens is 2. The fourth-order valence-electron chi connectivity index (χ4n) is 2.72. The number of benzene rings is 2. The van der Waals surface area contributed by atoms with E-state index in [1.807, 2.05) is 0 Å². The highest BCUT2D eigenvalue weighted by molar-refractivity contribution is 6.33. The van der Waals surface area contributed by atoms with Crippen LogP contribution in [-0.2, 0) is 0 Å². The van der Waals surface area contributed by atoms with Crippen molar-refractivity contribution in [3.63, 3.8) is 0 Å². The van der Waals surface area contributed by atoms with Crippen LogP contribution >= 0.6 is 23.2 Å². The topological polar surface area (TPSA) is 111 Å². The molecular weight excluding hydrogens is 433 g/mol. The second-order valence-electron chi connectivity index (χ2n) is 6.12. The van der Waals surface area contributed by atoms with Gasteiger partial charge in [-0.1, -0.05) is 23.2 Å². The zero-order valence-electron chi connectivity index (χ0n) is 15.0. The molecule has 30 heavy (non-hydrogen) atoms. The molecule has 0 aliphatic rings. The molecule has 0 saturated heterocycles. The lowest BCUT2D eigenvalue weighted by Gasteiger charge is -2.00. The smallest absolute Gasteiger partial charge is 0.307 e. The number of nitrogens with zero attached hydrogens (tertiary/aromatic N) is 2. The molecule has 0 radical (unpaired) electrons. The Bertz CT molecular complexity index is 1310. The normalized spacial score (nSPS) is 11.3. The summed E-state index contributed by atoms with van der Waals surface area (Å²) in [5.74, 6) is 0.291. The minimum Gasteiger partial charge on any atom is -0.455 e. The Labute approximate surface area is 178 Å². The Morgan fingerprint density at radius 1 is 1.07 bits per heavy atom. The molecule has 0 atom stereocenters. The molecule has 1 N–H and O–H groups in total. The molecule has 10 heteroatoms. The minimum absolute atomic E-state index is 0.0854. The molecule has 0 unspecified atom stereocenters. The van der Waals surface area contributed by atoms with E-state index in [0.29, 0.717) is 33.1 Å². The van der Waals surface area contributed by atoms with Crippen molar-refractivity contribution in [3.8, 4) is 11.3 Å². The second-order valence-corrected chi connectivity index (χ2v) is 6.96. The van der Waals surface area contributed by atoms with Crippen LogP contribution in [0, 0.1) is 10.1 Å². The maximum absolute atomic E-state index is 12.2. The standard InChI is InChI=1S/C20H11Cl2N3O5/c21-12-1-5-17-11(7-12)8-19(30-17)20(26)24-23-10-14-3-6-18(29-14)15-4-2-13(25(27)28)9-16(15)22/h1-10H,(H,24,26)/b23-10+. The van der Waals surface area contributed by atoms with Gasteiger partial charge < -0.3 is 8.83 Å². The molecule has 0 saturated carbocycles. The van der Waals surface area contributed by atoms with Crippen molar-refractivity contribution in [3.05, 3.63) is 86.3 Å². The third-order valence-corrected chi connectivity index (χ3v) is 4.66. The van der Waals surface area contributed by atoms with Gasteiger partial charge in [0.25, 0.3) is 5.69 Å². The number of fused-ring (bicyclic) bond motifs is 1. The van der Waals surface area contributed by atoms with Crippen LogP contribution in [0.2, 0.25) is 10.0 Å². The van der Waals surface area contributed by atoms with Gasteiger partial charge in [0.1, 0.15) is 17.1 Å². The van der Waals surface area contributed by atoms with Crippen LogP contribution in [0.25, 0.3) is 22.3 Å². The molecule has 0 spiro atoms. The summed E-state index contributed by atoms with van der Waals surface area (Å²) in [6.45, 7) is 0. The van der Waals surface area contributed by atoms with Gasteiger partial charge in [0, 0.05) is 28.1 Å². The van der Waals surface area contributed by atoms with Crippen molar-refractivity contribution < 1.29 is 18.6 Å². The van der Waals surface area contributed by atoms with E-state index >= 15 is 0 Å². The van der Waals surface area contributed by atoms with E-state index < -0.39 is 10.8 Å². The van der Waals surface area contributed by atoms with E-state index in [9.17, 15) is 14.9 Å². The predicted octanol–water partition coefficient (Wildman–Crippen LogP) is 5.67. The van der Waals surface area contributed by atoms with E-state index in [0.717, 1.165) is 0 Å². The molecule has 0 fully saturated rings. The molecule has 2 aromatic heterocycles. The number of non-ortho nitro benzene ring substituents is 1. The van der Waals surface area contributed by atoms with E-state index in [2.05, 4.69) is 10.5 Å². The average molecular weight is 444 g/mol. The minimum atomic E-state index is -0.538. The number of hydrogen-bond acceptors (Lipinski definition) is 6. The van der Waals surface area contributed by atoms with Gasteiger partial charge in [0.05, 0.1) is 16.2 Å². The first-order chi connectivity index (χ1) is 14.4. The summed E-state index contributed by atoms with van der Waals surface area (Å²) in [6, 6.07) is 13.9. The Kier molecular flexibility index (Phi) is 5.26. The molecular formula is C20H11Cl2N3O5. The largest absolute Gasteiger partial charge is 0.455 e. The Hall–Kier alpha value is -3.62. The van der Waals surface area contributed by atoms with E-state index in [4.69, 9.17) is 32.0 Å². The maximum atomic E-state index is 12.2. The summed E-state index contributed by atoms with van der Waals surface area (Å²) in [5.41, 5.74) is 3.25. The number of furan rings is 2. The average Bonchev–Trinajstić information content (AvgIpc) is 3.34. The lowest BCUT2D eigenvalue weighted by Crippen LogP contribution is -2.16. The van der Waals surface area contributed by atoms with Crippen LogP contribution in [0.15, 0.2) is 68.5 Å². The summed E-state index contributed by atoms with van der Waals surface area (Å²) in [6.07, 6.45) is 1.31. The van der Waals surface area contributed by atoms with Crippen LogP contribution < -0.4 is 5.43 Å². The molecule has 0 aliphatic carbocycles. The van der Waals surface area contributed by atoms with Crippen molar-refractivity contribution in [1.29, 1.82) is 0 Å². The Balaban J connectivity index is 1.45. The van der Waals surface area contributed by atoms with E-state index in [1.165, 1.54) is 24.4 Å². The van der Waals surface area contributed by atoms with Crippen molar-refractivity contribution in [2.75, 3.05) is 0 Å². The fourth-order valence-corrected chi connectivity index (χ4v) is 3.17. The highest BCUT2D eigenvalue weighted by Crippen LogP contribution is 2.32. The molecule has 0 bridgehead atoms. The third-order valence-electron chi connectivity index (χ3n) is 4.12. The lowest BCUT2D eigenvalue weighted by molar-refractivity contribution is -0.384. The van der Waals surface area contributed by atoms with Gasteiger partial charge in [-0.3, -0.25) is 14.9 Å². The molecule has 0 aliphatic heterocycles. The number of hydrogen-bond donors (Lipinski definition) is 1. The Morgan fingerprint density at radius 3 is 2.67 bits per heavy atom. The molecule has 2 heterocycles. The number of rotatable bonds is 5. The molecule has 150 valence electrons. The summed E-state index contributed by atoms with van der Waals surface area (Å²) >= 11 is 12.0. The molecule has 4 rings (SSSR count). The zero-order valence-corrected chi connectivity index (χ0v) is 16.5. The van der Waals surface area contributed by atoms with Crippen molar-refractivity contribution >= 4 is 52.0 Å². The van der Waals surface area contributed by atoms with Crippen LogP contribution in [0.4, 0.5) is 5.69 Å². The summed E-state index contributed by atoms with van der Waals surface area (Å²) in [5, 5.41) is 16.1. The van der Waals surface area contributed by atoms with Gasteiger partial charge in [-0.25, -0.2) is 5.43 Å². The summed E-state index contributed by atoms with van der Waals surface area (Å²) < 4.78 is 11.1. The quantitative estimate of drug-likeness (QED) is 0.242. The number of amides is 1. The number of hydrazone groups is 1. The van der Waals surface area contributed by atoms with Crippen LogP contribution in [0.5, 0.6) is 0 Å². The number of nitro groups is 1. The van der Waals surface area contributed by atoms with Gasteiger partial charge in [-0.05, 0) is 42.5 Å². The van der Waals surface area contributed by atoms with Crippen molar-refractivity contribution in [1.82, 2.24) is 5.43 Å². The summed E-state index contributed by atoms with van der Waals surface area (Å²) in [7, 11) is 0. The van der Waals surface area contributed by atoms with Gasteiger partial charge in [-0.2, -0.15) is 5.10 Å². The van der Waals surface area contributed by atoms with Gasteiger partial charge >= 0.3 is 5.91 Å². The zero-order chi connectivity index (χ0) is 21.3. The monoisotopic (exact) mass is 443 g/mol. The first kappa shape index (κ1) is 19.7. The predicted molar refractivity (Wildman–Crippen MR) is 112 cm³/mol. The fraction of sp³-hybridized carbons (Fsp3) is 0. The second kappa shape index (κ2) is 8.02. The van der Waals surface area contributed by atoms with E-state index in [1.54, 1.807) is 36.4 Å². The SMILES string of the molecule is O=C(N/N=C/c1ccc(-c2ccc([N+](=O)[O-])cc2Cl)o1)c1cc2cc(Cl)ccc2o1. The van der Waals surface area contributed by atoms with Crippen LogP contribution in [-0.4, -0.2) is 17.0 Å².